The van der Waals surface area contributed by atoms with Gasteiger partial charge in [0.15, 0.2) is 4.96 Å². The Kier molecular flexibility index (Phi) is 3.22. The quantitative estimate of drug-likeness (QED) is 0.912. The molecule has 0 radical (unpaired) electrons. The fourth-order valence-corrected chi connectivity index (χ4v) is 4.64. The molecule has 1 aliphatic carbocycles. The summed E-state index contributed by atoms with van der Waals surface area (Å²) in [4.78, 5) is 5.84. The van der Waals surface area contributed by atoms with Crippen molar-refractivity contribution in [2.24, 2.45) is 16.7 Å². The summed E-state index contributed by atoms with van der Waals surface area (Å²) in [5.41, 5.74) is 2.04. The lowest BCUT2D eigenvalue weighted by Crippen LogP contribution is -2.35. The molecular formula is C16H25N3S. The van der Waals surface area contributed by atoms with Crippen molar-refractivity contribution in [2.75, 3.05) is 6.54 Å². The molecule has 0 saturated heterocycles. The highest BCUT2D eigenvalue weighted by atomic mass is 32.1. The predicted molar refractivity (Wildman–Crippen MR) is 85.3 cm³/mol. The van der Waals surface area contributed by atoms with Gasteiger partial charge in [0.05, 0.1) is 5.69 Å². The number of nitrogens with zero attached hydrogens (tertiary/aromatic N) is 2. The minimum absolute atomic E-state index is 0.414. The van der Waals surface area contributed by atoms with E-state index in [2.05, 4.69) is 62.1 Å². The van der Waals surface area contributed by atoms with E-state index in [0.717, 1.165) is 23.8 Å². The summed E-state index contributed by atoms with van der Waals surface area (Å²) < 4.78 is 2.13. The average Bonchev–Trinajstić information content (AvgIpc) is 2.74. The van der Waals surface area contributed by atoms with E-state index in [1.807, 2.05) is 0 Å². The predicted octanol–water partition coefficient (Wildman–Crippen LogP) is 3.60. The van der Waals surface area contributed by atoms with Crippen LogP contribution < -0.4 is 5.32 Å². The van der Waals surface area contributed by atoms with Crippen molar-refractivity contribution < 1.29 is 0 Å². The van der Waals surface area contributed by atoms with Crippen LogP contribution in [0.2, 0.25) is 0 Å². The van der Waals surface area contributed by atoms with Gasteiger partial charge < -0.3 is 5.32 Å². The standard InChI is InChI=1S/C16H25N3S/c1-6-17-12(13-15(2,3)16(13,4)5)9-11-10-19-7-8-20-14(19)18-11/h7-8,10,12-13,17H,6,9H2,1-5H3. The third-order valence-corrected chi connectivity index (χ3v) is 6.34. The summed E-state index contributed by atoms with van der Waals surface area (Å²) in [6, 6.07) is 0.523. The number of nitrogens with one attached hydrogen (secondary N) is 1. The van der Waals surface area contributed by atoms with Crippen LogP contribution in [-0.2, 0) is 6.42 Å². The van der Waals surface area contributed by atoms with Gasteiger partial charge in [-0.25, -0.2) is 4.98 Å². The maximum atomic E-state index is 4.74. The molecule has 4 heteroatoms. The first kappa shape index (κ1) is 14.1. The molecule has 1 N–H and O–H groups in total. The summed E-state index contributed by atoms with van der Waals surface area (Å²) in [5, 5.41) is 5.78. The molecule has 1 unspecified atom stereocenters. The van der Waals surface area contributed by atoms with Gasteiger partial charge in [-0.15, -0.1) is 11.3 Å². The van der Waals surface area contributed by atoms with E-state index < -0.39 is 0 Å². The number of hydrogen-bond donors (Lipinski definition) is 1. The Morgan fingerprint density at radius 2 is 2.05 bits per heavy atom. The molecule has 1 aliphatic rings. The van der Waals surface area contributed by atoms with E-state index in [1.165, 1.54) is 5.69 Å². The van der Waals surface area contributed by atoms with Crippen LogP contribution in [0.5, 0.6) is 0 Å². The van der Waals surface area contributed by atoms with E-state index in [9.17, 15) is 0 Å². The second-order valence-corrected chi connectivity index (χ2v) is 7.99. The van der Waals surface area contributed by atoms with Gasteiger partial charge in [-0.3, -0.25) is 4.40 Å². The van der Waals surface area contributed by atoms with Gasteiger partial charge in [0.25, 0.3) is 0 Å². The van der Waals surface area contributed by atoms with Crippen molar-refractivity contribution in [3.05, 3.63) is 23.5 Å². The van der Waals surface area contributed by atoms with Gasteiger partial charge in [-0.05, 0) is 23.3 Å². The highest BCUT2D eigenvalue weighted by Gasteiger charge is 2.66. The van der Waals surface area contributed by atoms with E-state index in [0.29, 0.717) is 16.9 Å². The molecule has 20 heavy (non-hydrogen) atoms. The number of thiazole rings is 1. The molecule has 110 valence electrons. The summed E-state index contributed by atoms with van der Waals surface area (Å²) in [6.45, 7) is 12.8. The van der Waals surface area contributed by atoms with Gasteiger partial charge >= 0.3 is 0 Å². The monoisotopic (exact) mass is 291 g/mol. The number of fused-ring (bicyclic) bond motifs is 1. The van der Waals surface area contributed by atoms with Crippen molar-refractivity contribution in [3.63, 3.8) is 0 Å². The van der Waals surface area contributed by atoms with Gasteiger partial charge in [-0.1, -0.05) is 34.6 Å². The van der Waals surface area contributed by atoms with Crippen LogP contribution in [0.25, 0.3) is 4.96 Å². The smallest absolute Gasteiger partial charge is 0.193 e. The lowest BCUT2D eigenvalue weighted by Gasteiger charge is -2.19. The van der Waals surface area contributed by atoms with Gasteiger partial charge in [0, 0.05) is 30.2 Å². The summed E-state index contributed by atoms with van der Waals surface area (Å²) in [7, 11) is 0. The van der Waals surface area contributed by atoms with E-state index in [1.54, 1.807) is 11.3 Å². The molecular weight excluding hydrogens is 266 g/mol. The molecule has 0 spiro atoms. The number of hydrogen-bond acceptors (Lipinski definition) is 3. The molecule has 2 aromatic heterocycles. The fourth-order valence-electron chi connectivity index (χ4n) is 3.92. The Labute approximate surface area is 125 Å². The first-order valence-corrected chi connectivity index (χ1v) is 8.40. The second-order valence-electron chi connectivity index (χ2n) is 7.11. The highest BCUT2D eigenvalue weighted by Crippen LogP contribution is 2.69. The van der Waals surface area contributed by atoms with E-state index in [-0.39, 0.29) is 0 Å². The average molecular weight is 291 g/mol. The largest absolute Gasteiger partial charge is 0.314 e. The van der Waals surface area contributed by atoms with Crippen molar-refractivity contribution in [1.82, 2.24) is 14.7 Å². The molecule has 1 fully saturated rings. The molecule has 0 amide bonds. The number of imidazole rings is 1. The third kappa shape index (κ3) is 2.01. The van der Waals surface area contributed by atoms with Crippen LogP contribution in [0.3, 0.4) is 0 Å². The van der Waals surface area contributed by atoms with Gasteiger partial charge in [-0.2, -0.15) is 0 Å². The zero-order chi connectivity index (χ0) is 14.5. The lowest BCUT2D eigenvalue weighted by atomic mass is 10.00. The fraction of sp³-hybridized carbons (Fsp3) is 0.688. The van der Waals surface area contributed by atoms with E-state index >= 15 is 0 Å². The first-order chi connectivity index (χ1) is 9.38. The van der Waals surface area contributed by atoms with Crippen LogP contribution in [0.1, 0.15) is 40.3 Å². The Balaban J connectivity index is 1.80. The Bertz CT molecular complexity index is 566. The number of likely N-dealkylation sites (N-methyl/N-ethyl adjacent to an activating group) is 1. The summed E-state index contributed by atoms with van der Waals surface area (Å²) in [5.74, 6) is 0.717. The lowest BCUT2D eigenvalue weighted by molar-refractivity contribution is 0.401. The zero-order valence-corrected chi connectivity index (χ0v) is 13.9. The maximum absolute atomic E-state index is 4.74. The molecule has 0 aromatic carbocycles. The van der Waals surface area contributed by atoms with Crippen LogP contribution >= 0.6 is 11.3 Å². The van der Waals surface area contributed by atoms with Crippen molar-refractivity contribution in [2.45, 2.75) is 47.1 Å². The summed E-state index contributed by atoms with van der Waals surface area (Å²) in [6.07, 6.45) is 5.29. The molecule has 3 rings (SSSR count). The molecule has 2 aromatic rings. The van der Waals surface area contributed by atoms with Crippen LogP contribution in [0.15, 0.2) is 17.8 Å². The highest BCUT2D eigenvalue weighted by molar-refractivity contribution is 7.15. The van der Waals surface area contributed by atoms with E-state index in [4.69, 9.17) is 4.98 Å². The number of rotatable bonds is 5. The van der Waals surface area contributed by atoms with Gasteiger partial charge in [0.2, 0.25) is 0 Å². The SMILES string of the molecule is CCNC(Cc1cn2ccsc2n1)C1C(C)(C)C1(C)C. The normalized spacial score (nSPS) is 22.2. The zero-order valence-electron chi connectivity index (χ0n) is 13.1. The van der Waals surface area contributed by atoms with Crippen LogP contribution in [0, 0.1) is 16.7 Å². The summed E-state index contributed by atoms with van der Waals surface area (Å²) >= 11 is 1.70. The molecule has 1 saturated carbocycles. The van der Waals surface area contributed by atoms with Crippen LogP contribution in [-0.4, -0.2) is 22.0 Å². The molecule has 0 bridgehead atoms. The second kappa shape index (κ2) is 4.57. The van der Waals surface area contributed by atoms with Crippen molar-refractivity contribution in [1.29, 1.82) is 0 Å². The minimum Gasteiger partial charge on any atom is -0.314 e. The topological polar surface area (TPSA) is 29.3 Å². The van der Waals surface area contributed by atoms with Crippen molar-refractivity contribution in [3.8, 4) is 0 Å². The first-order valence-electron chi connectivity index (χ1n) is 7.52. The molecule has 3 nitrogen and oxygen atoms in total. The van der Waals surface area contributed by atoms with Gasteiger partial charge in [0.1, 0.15) is 0 Å². The van der Waals surface area contributed by atoms with Crippen LogP contribution in [0.4, 0.5) is 0 Å². The minimum atomic E-state index is 0.414. The maximum Gasteiger partial charge on any atom is 0.193 e. The molecule has 2 heterocycles. The Hall–Kier alpha value is -0.870. The number of aromatic nitrogens is 2. The molecule has 1 atom stereocenters. The Morgan fingerprint density at radius 3 is 2.60 bits per heavy atom. The van der Waals surface area contributed by atoms with Crippen molar-refractivity contribution >= 4 is 16.3 Å². The third-order valence-electron chi connectivity index (χ3n) is 5.57. The molecule has 0 aliphatic heterocycles. The Morgan fingerprint density at radius 1 is 1.35 bits per heavy atom.